The van der Waals surface area contributed by atoms with E-state index in [2.05, 4.69) is 5.32 Å². The number of rotatable bonds is 5. The molecular formula is C15H17ClNO4-. The van der Waals surface area contributed by atoms with E-state index in [9.17, 15) is 14.7 Å². The number of aliphatic carboxylic acids is 1. The van der Waals surface area contributed by atoms with E-state index in [-0.39, 0.29) is 12.3 Å². The van der Waals surface area contributed by atoms with Crippen LogP contribution in [0.15, 0.2) is 18.2 Å². The van der Waals surface area contributed by atoms with E-state index in [1.807, 2.05) is 0 Å². The van der Waals surface area contributed by atoms with Gasteiger partial charge in [0, 0.05) is 35.6 Å². The van der Waals surface area contributed by atoms with Crippen molar-refractivity contribution in [3.63, 3.8) is 0 Å². The number of carboxylic acids is 1. The first kappa shape index (κ1) is 15.8. The van der Waals surface area contributed by atoms with Crippen LogP contribution in [0, 0.1) is 12.8 Å². The molecule has 0 unspecified atom stereocenters. The molecule has 2 rings (SSSR count). The number of ether oxygens (including phenoxy) is 1. The highest BCUT2D eigenvalue weighted by Gasteiger charge is 2.29. The van der Waals surface area contributed by atoms with Crippen LogP contribution in [0.3, 0.4) is 0 Å². The van der Waals surface area contributed by atoms with Crippen molar-refractivity contribution in [1.29, 1.82) is 0 Å². The van der Waals surface area contributed by atoms with Crippen molar-refractivity contribution >= 4 is 29.2 Å². The molecule has 1 saturated heterocycles. The van der Waals surface area contributed by atoms with Gasteiger partial charge >= 0.3 is 0 Å². The molecule has 1 N–H and O–H groups in total. The summed E-state index contributed by atoms with van der Waals surface area (Å²) in [7, 11) is 0. The monoisotopic (exact) mass is 310 g/mol. The minimum atomic E-state index is -1.25. The molecule has 1 aromatic carbocycles. The number of benzene rings is 1. The van der Waals surface area contributed by atoms with Crippen LogP contribution in [0.4, 0.5) is 5.69 Å². The van der Waals surface area contributed by atoms with Gasteiger partial charge in [0.15, 0.2) is 0 Å². The maximum absolute atomic E-state index is 12.0. The molecule has 0 aromatic heterocycles. The lowest BCUT2D eigenvalue weighted by atomic mass is 9.96. The molecule has 0 aliphatic carbocycles. The summed E-state index contributed by atoms with van der Waals surface area (Å²) >= 11 is 5.98. The fourth-order valence-electron chi connectivity index (χ4n) is 2.43. The number of carbonyl (C=O) groups is 2. The Labute approximate surface area is 128 Å². The molecule has 6 heteroatoms. The highest BCUT2D eigenvalue weighted by Crippen LogP contribution is 2.25. The minimum absolute atomic E-state index is 0.168. The van der Waals surface area contributed by atoms with Crippen LogP contribution in [0.2, 0.25) is 5.02 Å². The molecular weight excluding hydrogens is 294 g/mol. The van der Waals surface area contributed by atoms with Gasteiger partial charge in [-0.1, -0.05) is 17.7 Å². The van der Waals surface area contributed by atoms with Gasteiger partial charge in [0.2, 0.25) is 5.91 Å². The lowest BCUT2D eigenvalue weighted by Crippen LogP contribution is -2.40. The van der Waals surface area contributed by atoms with Gasteiger partial charge in [0.05, 0.1) is 6.10 Å². The van der Waals surface area contributed by atoms with Gasteiger partial charge in [-0.05, 0) is 37.5 Å². The topological polar surface area (TPSA) is 78.5 Å². The Kier molecular flexibility index (Phi) is 5.20. The number of carboxylic acid groups (broad SMARTS) is 1. The van der Waals surface area contributed by atoms with Crippen LogP contribution in [0.25, 0.3) is 0 Å². The standard InChI is InChI=1S/C15H18ClNO4/c1-9-11(16)4-2-5-12(9)17-14(18)8-10(15(19)20)13-6-3-7-21-13/h2,4-5,10,13H,3,6-8H2,1H3,(H,17,18)(H,19,20)/p-1/t10-,13-/m0/s1. The van der Waals surface area contributed by atoms with Gasteiger partial charge < -0.3 is 20.0 Å². The second-order valence-corrected chi connectivity index (χ2v) is 5.55. The second-order valence-electron chi connectivity index (χ2n) is 5.14. The van der Waals surface area contributed by atoms with Crippen LogP contribution in [-0.4, -0.2) is 24.6 Å². The molecule has 21 heavy (non-hydrogen) atoms. The molecule has 1 fully saturated rings. The zero-order valence-corrected chi connectivity index (χ0v) is 12.5. The molecule has 1 aliphatic heterocycles. The Bertz CT molecular complexity index is 540. The summed E-state index contributed by atoms with van der Waals surface area (Å²) in [5.74, 6) is -2.56. The number of halogens is 1. The zero-order chi connectivity index (χ0) is 15.4. The van der Waals surface area contributed by atoms with Gasteiger partial charge in [0.1, 0.15) is 0 Å². The molecule has 1 aliphatic rings. The van der Waals surface area contributed by atoms with Gasteiger partial charge in [-0.25, -0.2) is 0 Å². The fourth-order valence-corrected chi connectivity index (χ4v) is 2.60. The first-order valence-electron chi connectivity index (χ1n) is 6.86. The number of carbonyl (C=O) groups excluding carboxylic acids is 2. The Morgan fingerprint density at radius 3 is 2.90 bits per heavy atom. The summed E-state index contributed by atoms with van der Waals surface area (Å²) in [5.41, 5.74) is 1.33. The first-order valence-corrected chi connectivity index (χ1v) is 7.24. The van der Waals surface area contributed by atoms with Gasteiger partial charge in [0.25, 0.3) is 0 Å². The van der Waals surface area contributed by atoms with E-state index >= 15 is 0 Å². The third-order valence-electron chi connectivity index (χ3n) is 3.66. The second kappa shape index (κ2) is 6.91. The summed E-state index contributed by atoms with van der Waals surface area (Å²) in [6.45, 7) is 2.32. The molecule has 114 valence electrons. The van der Waals surface area contributed by atoms with E-state index in [0.717, 1.165) is 12.0 Å². The predicted octanol–water partition coefficient (Wildman–Crippen LogP) is 1.52. The fraction of sp³-hybridized carbons (Fsp3) is 0.467. The molecule has 2 atom stereocenters. The van der Waals surface area contributed by atoms with Crippen molar-refractivity contribution in [3.05, 3.63) is 28.8 Å². The van der Waals surface area contributed by atoms with E-state index in [4.69, 9.17) is 16.3 Å². The molecule has 0 bridgehead atoms. The van der Waals surface area contributed by atoms with E-state index < -0.39 is 18.0 Å². The Balaban J connectivity index is 2.02. The Hall–Kier alpha value is -1.59. The molecule has 1 amide bonds. The SMILES string of the molecule is Cc1c(Cl)cccc1NC(=O)C[C@H](C(=O)[O-])[C@@H]1CCCO1. The highest BCUT2D eigenvalue weighted by atomic mass is 35.5. The van der Waals surface area contributed by atoms with Gasteiger partial charge in [-0.3, -0.25) is 4.79 Å². The number of amides is 1. The molecule has 0 spiro atoms. The molecule has 1 aromatic rings. The van der Waals surface area contributed by atoms with Crippen molar-refractivity contribution in [3.8, 4) is 0 Å². The average Bonchev–Trinajstić information content (AvgIpc) is 2.95. The van der Waals surface area contributed by atoms with Crippen molar-refractivity contribution in [2.24, 2.45) is 5.92 Å². The van der Waals surface area contributed by atoms with Crippen LogP contribution >= 0.6 is 11.6 Å². The van der Waals surface area contributed by atoms with Crippen LogP contribution in [-0.2, 0) is 14.3 Å². The van der Waals surface area contributed by atoms with Crippen LogP contribution in [0.5, 0.6) is 0 Å². The van der Waals surface area contributed by atoms with Crippen LogP contribution < -0.4 is 10.4 Å². The lowest BCUT2D eigenvalue weighted by Gasteiger charge is -2.23. The van der Waals surface area contributed by atoms with Gasteiger partial charge in [-0.2, -0.15) is 0 Å². The molecule has 0 saturated carbocycles. The quantitative estimate of drug-likeness (QED) is 0.894. The summed E-state index contributed by atoms with van der Waals surface area (Å²) in [4.78, 5) is 23.2. The Morgan fingerprint density at radius 2 is 2.29 bits per heavy atom. The van der Waals surface area contributed by atoms with E-state index in [1.54, 1.807) is 25.1 Å². The summed E-state index contributed by atoms with van der Waals surface area (Å²) < 4.78 is 5.35. The molecule has 5 nitrogen and oxygen atoms in total. The molecule has 1 heterocycles. The van der Waals surface area contributed by atoms with Crippen molar-refractivity contribution in [2.45, 2.75) is 32.3 Å². The van der Waals surface area contributed by atoms with Crippen molar-refractivity contribution < 1.29 is 19.4 Å². The van der Waals surface area contributed by atoms with Crippen molar-refractivity contribution in [1.82, 2.24) is 0 Å². The minimum Gasteiger partial charge on any atom is -0.550 e. The number of hydrogen-bond acceptors (Lipinski definition) is 4. The number of hydrogen-bond donors (Lipinski definition) is 1. The summed E-state index contributed by atoms with van der Waals surface area (Å²) in [5, 5.41) is 14.4. The number of nitrogens with one attached hydrogen (secondary N) is 1. The smallest absolute Gasteiger partial charge is 0.225 e. The van der Waals surface area contributed by atoms with E-state index in [0.29, 0.717) is 23.7 Å². The average molecular weight is 311 g/mol. The summed E-state index contributed by atoms with van der Waals surface area (Å²) in [6, 6.07) is 5.17. The largest absolute Gasteiger partial charge is 0.550 e. The van der Waals surface area contributed by atoms with E-state index in [1.165, 1.54) is 0 Å². The third-order valence-corrected chi connectivity index (χ3v) is 4.07. The Morgan fingerprint density at radius 1 is 1.52 bits per heavy atom. The van der Waals surface area contributed by atoms with Crippen molar-refractivity contribution in [2.75, 3.05) is 11.9 Å². The van der Waals surface area contributed by atoms with Gasteiger partial charge in [-0.15, -0.1) is 0 Å². The number of anilines is 1. The normalized spacial score (nSPS) is 19.2. The molecule has 0 radical (unpaired) electrons. The maximum atomic E-state index is 12.0. The first-order chi connectivity index (χ1) is 9.99. The lowest BCUT2D eigenvalue weighted by molar-refractivity contribution is -0.314. The maximum Gasteiger partial charge on any atom is 0.225 e. The van der Waals surface area contributed by atoms with Crippen LogP contribution in [0.1, 0.15) is 24.8 Å². The zero-order valence-electron chi connectivity index (χ0n) is 11.7. The third kappa shape index (κ3) is 3.95. The summed E-state index contributed by atoms with van der Waals surface area (Å²) in [6.07, 6.45) is 0.839. The highest BCUT2D eigenvalue weighted by molar-refractivity contribution is 6.31. The predicted molar refractivity (Wildman–Crippen MR) is 76.9 cm³/mol.